The third kappa shape index (κ3) is 2.43. The average Bonchev–Trinajstić information content (AvgIpc) is 2.89. The van der Waals surface area contributed by atoms with Crippen LogP contribution in [0.5, 0.6) is 0 Å². The molecule has 1 aromatic carbocycles. The highest BCUT2D eigenvalue weighted by atomic mass is 32.2. The summed E-state index contributed by atoms with van der Waals surface area (Å²) in [5.74, 6) is 4.29. The largest absolute Gasteiger partial charge is 0.368 e. The normalized spacial score (nSPS) is 19.3. The molecule has 0 amide bonds. The van der Waals surface area contributed by atoms with Crippen LogP contribution in [0.1, 0.15) is 12.1 Å². The summed E-state index contributed by atoms with van der Waals surface area (Å²) in [7, 11) is 0. The van der Waals surface area contributed by atoms with Gasteiger partial charge in [-0.25, -0.2) is 9.97 Å². The fourth-order valence-corrected chi connectivity index (χ4v) is 3.53. The quantitative estimate of drug-likeness (QED) is 0.919. The summed E-state index contributed by atoms with van der Waals surface area (Å²) in [5, 5.41) is 3.46. The van der Waals surface area contributed by atoms with E-state index in [1.165, 1.54) is 17.9 Å². The Hall–Kier alpha value is -1.29. The topological polar surface area (TPSA) is 37.8 Å². The molecule has 0 aliphatic carbocycles. The molecule has 3 nitrogen and oxygen atoms in total. The maximum atomic E-state index is 4.66. The van der Waals surface area contributed by atoms with E-state index in [1.807, 2.05) is 43.0 Å². The minimum Gasteiger partial charge on any atom is -0.368 e. The van der Waals surface area contributed by atoms with Crippen molar-refractivity contribution in [1.29, 1.82) is 0 Å². The molecule has 3 rings (SSSR count). The lowest BCUT2D eigenvalue weighted by Gasteiger charge is -2.12. The van der Waals surface area contributed by atoms with Crippen molar-refractivity contribution in [2.24, 2.45) is 5.92 Å². The number of benzene rings is 1. The highest BCUT2D eigenvalue weighted by Crippen LogP contribution is 2.24. The van der Waals surface area contributed by atoms with Gasteiger partial charge in [0.05, 0.1) is 16.7 Å². The zero-order valence-electron chi connectivity index (χ0n) is 10.5. The van der Waals surface area contributed by atoms with Crippen molar-refractivity contribution in [2.45, 2.75) is 13.3 Å². The molecule has 0 spiro atoms. The first-order chi connectivity index (χ1) is 8.83. The van der Waals surface area contributed by atoms with E-state index < -0.39 is 0 Å². The Morgan fingerprint density at radius 3 is 2.78 bits per heavy atom. The lowest BCUT2D eigenvalue weighted by atomic mass is 10.1. The minimum atomic E-state index is 0.780. The smallest absolute Gasteiger partial charge is 0.148 e. The summed E-state index contributed by atoms with van der Waals surface area (Å²) in [6.45, 7) is 3.03. The van der Waals surface area contributed by atoms with Crippen molar-refractivity contribution in [3.8, 4) is 0 Å². The van der Waals surface area contributed by atoms with Crippen LogP contribution in [0.15, 0.2) is 24.3 Å². The summed E-state index contributed by atoms with van der Waals surface area (Å²) >= 11 is 2.05. The Morgan fingerprint density at radius 2 is 2.06 bits per heavy atom. The lowest BCUT2D eigenvalue weighted by Crippen LogP contribution is -2.15. The number of fused-ring (bicyclic) bond motifs is 1. The monoisotopic (exact) mass is 259 g/mol. The molecule has 0 radical (unpaired) electrons. The molecule has 0 bridgehead atoms. The third-order valence-electron chi connectivity index (χ3n) is 3.33. The number of nitrogens with one attached hydrogen (secondary N) is 1. The Balaban J connectivity index is 1.80. The van der Waals surface area contributed by atoms with Gasteiger partial charge in [-0.1, -0.05) is 12.1 Å². The molecule has 1 N–H and O–H groups in total. The zero-order valence-corrected chi connectivity index (χ0v) is 11.3. The maximum absolute atomic E-state index is 4.66. The van der Waals surface area contributed by atoms with Crippen molar-refractivity contribution in [3.63, 3.8) is 0 Å². The van der Waals surface area contributed by atoms with Gasteiger partial charge < -0.3 is 5.32 Å². The van der Waals surface area contributed by atoms with Gasteiger partial charge in [0.25, 0.3) is 0 Å². The number of nitrogens with zero attached hydrogens (tertiary/aromatic N) is 2. The molecular weight excluding hydrogens is 242 g/mol. The van der Waals surface area contributed by atoms with Crippen LogP contribution in [0.4, 0.5) is 5.82 Å². The highest BCUT2D eigenvalue weighted by Gasteiger charge is 2.15. The standard InChI is InChI=1S/C14H17N3S/c1-10-14(15-8-11-6-7-18-9-11)17-13-5-3-2-4-12(13)16-10/h2-5,11H,6-9H2,1H3,(H,15,17). The first kappa shape index (κ1) is 11.8. The molecular formula is C14H17N3S. The number of thioether (sulfide) groups is 1. The molecule has 1 unspecified atom stereocenters. The van der Waals surface area contributed by atoms with Crippen LogP contribution in [-0.2, 0) is 0 Å². The average molecular weight is 259 g/mol. The Labute approximate surface area is 111 Å². The minimum absolute atomic E-state index is 0.780. The molecule has 1 fully saturated rings. The second kappa shape index (κ2) is 5.14. The molecule has 4 heteroatoms. The van der Waals surface area contributed by atoms with E-state index in [1.54, 1.807) is 0 Å². The number of hydrogen-bond acceptors (Lipinski definition) is 4. The van der Waals surface area contributed by atoms with E-state index >= 15 is 0 Å². The Morgan fingerprint density at radius 1 is 1.28 bits per heavy atom. The fraction of sp³-hybridized carbons (Fsp3) is 0.429. The van der Waals surface area contributed by atoms with Gasteiger partial charge in [0.15, 0.2) is 0 Å². The molecule has 2 aromatic rings. The van der Waals surface area contributed by atoms with Crippen molar-refractivity contribution in [3.05, 3.63) is 30.0 Å². The number of para-hydroxylation sites is 2. The number of hydrogen-bond donors (Lipinski definition) is 1. The maximum Gasteiger partial charge on any atom is 0.148 e. The van der Waals surface area contributed by atoms with Crippen molar-refractivity contribution >= 4 is 28.6 Å². The first-order valence-corrected chi connectivity index (χ1v) is 7.53. The SMILES string of the molecule is Cc1nc2ccccc2nc1NCC1CCSC1. The van der Waals surface area contributed by atoms with E-state index in [0.29, 0.717) is 0 Å². The summed E-state index contributed by atoms with van der Waals surface area (Å²) in [5.41, 5.74) is 2.92. The van der Waals surface area contributed by atoms with Crippen LogP contribution >= 0.6 is 11.8 Å². The van der Waals surface area contributed by atoms with Crippen molar-refractivity contribution < 1.29 is 0 Å². The third-order valence-corrected chi connectivity index (χ3v) is 4.56. The van der Waals surface area contributed by atoms with Gasteiger partial charge in [0.1, 0.15) is 5.82 Å². The van der Waals surface area contributed by atoms with Crippen molar-refractivity contribution in [1.82, 2.24) is 9.97 Å². The fourth-order valence-electron chi connectivity index (χ4n) is 2.24. The van der Waals surface area contributed by atoms with E-state index in [2.05, 4.69) is 15.3 Å². The Bertz CT molecular complexity index is 550. The molecule has 2 heterocycles. The number of aryl methyl sites for hydroxylation is 1. The first-order valence-electron chi connectivity index (χ1n) is 6.38. The van der Waals surface area contributed by atoms with Gasteiger partial charge in [0, 0.05) is 6.54 Å². The summed E-state index contributed by atoms with van der Waals surface area (Å²) < 4.78 is 0. The molecule has 1 aromatic heterocycles. The Kier molecular flexibility index (Phi) is 3.37. The molecule has 1 aliphatic heterocycles. The summed E-state index contributed by atoms with van der Waals surface area (Å²) in [6, 6.07) is 8.02. The number of rotatable bonds is 3. The molecule has 0 saturated carbocycles. The van der Waals surface area contributed by atoms with E-state index in [4.69, 9.17) is 0 Å². The predicted molar refractivity (Wildman–Crippen MR) is 78.2 cm³/mol. The van der Waals surface area contributed by atoms with Gasteiger partial charge in [0.2, 0.25) is 0 Å². The van der Waals surface area contributed by atoms with Crippen LogP contribution < -0.4 is 5.32 Å². The molecule has 18 heavy (non-hydrogen) atoms. The predicted octanol–water partition coefficient (Wildman–Crippen LogP) is 3.10. The van der Waals surface area contributed by atoms with Crippen LogP contribution in [0.25, 0.3) is 11.0 Å². The molecule has 1 saturated heterocycles. The van der Waals surface area contributed by atoms with Crippen LogP contribution in [-0.4, -0.2) is 28.0 Å². The molecule has 1 atom stereocenters. The second-order valence-electron chi connectivity index (χ2n) is 4.76. The number of anilines is 1. The highest BCUT2D eigenvalue weighted by molar-refractivity contribution is 7.99. The molecule has 94 valence electrons. The van der Waals surface area contributed by atoms with E-state index in [0.717, 1.165) is 35.0 Å². The second-order valence-corrected chi connectivity index (χ2v) is 5.91. The van der Waals surface area contributed by atoms with Crippen LogP contribution in [0.3, 0.4) is 0 Å². The van der Waals surface area contributed by atoms with Gasteiger partial charge in [-0.15, -0.1) is 0 Å². The van der Waals surface area contributed by atoms with Gasteiger partial charge in [-0.2, -0.15) is 11.8 Å². The van der Waals surface area contributed by atoms with E-state index in [9.17, 15) is 0 Å². The zero-order chi connectivity index (χ0) is 12.4. The number of aromatic nitrogens is 2. The van der Waals surface area contributed by atoms with Crippen LogP contribution in [0.2, 0.25) is 0 Å². The van der Waals surface area contributed by atoms with Crippen molar-refractivity contribution in [2.75, 3.05) is 23.4 Å². The van der Waals surface area contributed by atoms with Crippen LogP contribution in [0, 0.1) is 12.8 Å². The van der Waals surface area contributed by atoms with Gasteiger partial charge >= 0.3 is 0 Å². The lowest BCUT2D eigenvalue weighted by molar-refractivity contribution is 0.630. The molecule has 1 aliphatic rings. The van der Waals surface area contributed by atoms with E-state index in [-0.39, 0.29) is 0 Å². The van der Waals surface area contributed by atoms with Gasteiger partial charge in [-0.05, 0) is 42.9 Å². The summed E-state index contributed by atoms with van der Waals surface area (Å²) in [6.07, 6.45) is 1.32. The summed E-state index contributed by atoms with van der Waals surface area (Å²) in [4.78, 5) is 9.25. The van der Waals surface area contributed by atoms with Gasteiger partial charge in [-0.3, -0.25) is 0 Å².